The van der Waals surface area contributed by atoms with Gasteiger partial charge in [0.05, 0.1) is 5.25 Å². The van der Waals surface area contributed by atoms with Crippen molar-refractivity contribution in [2.45, 2.75) is 42.2 Å². The lowest BCUT2D eigenvalue weighted by Gasteiger charge is -2.09. The van der Waals surface area contributed by atoms with Crippen LogP contribution in [0.2, 0.25) is 0 Å². The van der Waals surface area contributed by atoms with Crippen molar-refractivity contribution >= 4 is 40.3 Å². The molecule has 0 saturated carbocycles. The van der Waals surface area contributed by atoms with Gasteiger partial charge >= 0.3 is 0 Å². The normalized spacial score (nSPS) is 17.2. The molecular weight excluding hydrogens is 369 g/mol. The molecule has 19 heavy (non-hydrogen) atoms. The SMILES string of the molecule is O=C(NCCCCCCI)C1Cc2ccccc2S1. The van der Waals surface area contributed by atoms with Crippen LogP contribution in [0.25, 0.3) is 0 Å². The van der Waals surface area contributed by atoms with Crippen molar-refractivity contribution in [1.29, 1.82) is 0 Å². The highest BCUT2D eigenvalue weighted by atomic mass is 127. The Hall–Kier alpha value is -0.230. The molecule has 1 aromatic rings. The molecule has 0 aliphatic carbocycles. The highest BCUT2D eigenvalue weighted by Crippen LogP contribution is 2.36. The van der Waals surface area contributed by atoms with Crippen molar-refractivity contribution in [1.82, 2.24) is 5.32 Å². The van der Waals surface area contributed by atoms with Gasteiger partial charge in [-0.3, -0.25) is 4.79 Å². The number of carbonyl (C=O) groups is 1. The van der Waals surface area contributed by atoms with Crippen molar-refractivity contribution in [2.24, 2.45) is 0 Å². The molecule has 0 saturated heterocycles. The summed E-state index contributed by atoms with van der Waals surface area (Å²) in [5, 5.41) is 3.15. The van der Waals surface area contributed by atoms with E-state index < -0.39 is 0 Å². The van der Waals surface area contributed by atoms with Gasteiger partial charge in [0.15, 0.2) is 0 Å². The Morgan fingerprint density at radius 3 is 2.84 bits per heavy atom. The van der Waals surface area contributed by atoms with E-state index in [0.29, 0.717) is 0 Å². The number of alkyl halides is 1. The van der Waals surface area contributed by atoms with E-state index in [2.05, 4.69) is 40.0 Å². The second kappa shape index (κ2) is 8.15. The highest BCUT2D eigenvalue weighted by molar-refractivity contribution is 14.1. The number of unbranched alkanes of at least 4 members (excludes halogenated alkanes) is 3. The zero-order valence-electron chi connectivity index (χ0n) is 11.0. The molecule has 1 aromatic carbocycles. The summed E-state index contributed by atoms with van der Waals surface area (Å²) >= 11 is 4.12. The van der Waals surface area contributed by atoms with Gasteiger partial charge in [-0.25, -0.2) is 0 Å². The molecule has 1 atom stereocenters. The van der Waals surface area contributed by atoms with Gasteiger partial charge in [0, 0.05) is 11.4 Å². The van der Waals surface area contributed by atoms with Gasteiger partial charge in [0.25, 0.3) is 0 Å². The molecule has 0 aromatic heterocycles. The third-order valence-corrected chi connectivity index (χ3v) is 5.38. The Bertz CT molecular complexity index is 399. The summed E-state index contributed by atoms with van der Waals surface area (Å²) in [5.41, 5.74) is 1.31. The van der Waals surface area contributed by atoms with Crippen LogP contribution in [0.15, 0.2) is 29.2 Å². The molecule has 0 fully saturated rings. The van der Waals surface area contributed by atoms with Crippen LogP contribution in [0.4, 0.5) is 0 Å². The maximum Gasteiger partial charge on any atom is 0.233 e. The van der Waals surface area contributed by atoms with Gasteiger partial charge in [0.2, 0.25) is 5.91 Å². The summed E-state index contributed by atoms with van der Waals surface area (Å²) in [6, 6.07) is 8.32. The van der Waals surface area contributed by atoms with Gasteiger partial charge in [-0.1, -0.05) is 53.6 Å². The number of fused-ring (bicyclic) bond motifs is 1. The fourth-order valence-electron chi connectivity index (χ4n) is 2.23. The number of carbonyl (C=O) groups excluding carboxylic acids is 1. The maximum atomic E-state index is 12.1. The Morgan fingerprint density at radius 2 is 2.05 bits per heavy atom. The number of nitrogens with one attached hydrogen (secondary N) is 1. The van der Waals surface area contributed by atoms with Crippen molar-refractivity contribution in [3.05, 3.63) is 29.8 Å². The fraction of sp³-hybridized carbons (Fsp3) is 0.533. The fourth-order valence-corrected chi connectivity index (χ4v) is 3.99. The molecule has 0 radical (unpaired) electrons. The van der Waals surface area contributed by atoms with Crippen LogP contribution in [0.1, 0.15) is 31.2 Å². The number of hydrogen-bond donors (Lipinski definition) is 1. The zero-order chi connectivity index (χ0) is 13.5. The van der Waals surface area contributed by atoms with Crippen LogP contribution >= 0.6 is 34.4 Å². The average molecular weight is 389 g/mol. The summed E-state index contributed by atoms with van der Waals surface area (Å²) in [5.74, 6) is 0.204. The van der Waals surface area contributed by atoms with Gasteiger partial charge in [-0.05, 0) is 35.3 Å². The predicted molar refractivity (Wildman–Crippen MR) is 90.2 cm³/mol. The maximum absolute atomic E-state index is 12.1. The number of halogens is 1. The molecule has 2 rings (SSSR count). The molecule has 4 heteroatoms. The second-order valence-corrected chi connectivity index (χ2v) is 7.14. The second-order valence-electron chi connectivity index (χ2n) is 4.81. The first-order valence-corrected chi connectivity index (χ1v) is 9.30. The molecule has 1 aliphatic rings. The molecule has 2 nitrogen and oxygen atoms in total. The van der Waals surface area contributed by atoms with Gasteiger partial charge in [0.1, 0.15) is 0 Å². The minimum Gasteiger partial charge on any atom is -0.355 e. The largest absolute Gasteiger partial charge is 0.355 e. The van der Waals surface area contributed by atoms with Crippen molar-refractivity contribution < 1.29 is 4.79 Å². The first-order valence-electron chi connectivity index (χ1n) is 6.89. The summed E-state index contributed by atoms with van der Waals surface area (Å²) in [6.45, 7) is 0.827. The summed E-state index contributed by atoms with van der Waals surface area (Å²) in [6.07, 6.45) is 5.78. The van der Waals surface area contributed by atoms with Crippen molar-refractivity contribution in [2.75, 3.05) is 11.0 Å². The minimum atomic E-state index is 0.0757. The number of rotatable bonds is 7. The minimum absolute atomic E-state index is 0.0757. The number of amides is 1. The Kier molecular flexibility index (Phi) is 6.50. The van der Waals surface area contributed by atoms with E-state index in [4.69, 9.17) is 0 Å². The highest BCUT2D eigenvalue weighted by Gasteiger charge is 2.27. The molecule has 1 unspecified atom stereocenters. The van der Waals surface area contributed by atoms with Gasteiger partial charge in [-0.2, -0.15) is 0 Å². The molecule has 104 valence electrons. The molecule has 1 amide bonds. The van der Waals surface area contributed by atoms with E-state index in [-0.39, 0.29) is 11.2 Å². The molecule has 1 aliphatic heterocycles. The smallest absolute Gasteiger partial charge is 0.233 e. The first-order chi connectivity index (χ1) is 9.31. The quantitative estimate of drug-likeness (QED) is 0.437. The molecular formula is C15H20INOS. The molecule has 1 N–H and O–H groups in total. The molecule has 1 heterocycles. The van der Waals surface area contributed by atoms with Gasteiger partial charge < -0.3 is 5.32 Å². The lowest BCUT2D eigenvalue weighted by molar-refractivity contribution is -0.120. The van der Waals surface area contributed by atoms with Crippen LogP contribution in [0, 0.1) is 0 Å². The first kappa shape index (κ1) is 15.2. The van der Waals surface area contributed by atoms with E-state index in [9.17, 15) is 4.79 Å². The van der Waals surface area contributed by atoms with E-state index in [1.165, 1.54) is 34.1 Å². The van der Waals surface area contributed by atoms with E-state index in [0.717, 1.165) is 19.4 Å². The Labute approximate surface area is 133 Å². The topological polar surface area (TPSA) is 29.1 Å². The van der Waals surface area contributed by atoms with E-state index in [1.54, 1.807) is 11.8 Å². The van der Waals surface area contributed by atoms with Crippen LogP contribution in [0.5, 0.6) is 0 Å². The number of benzene rings is 1. The van der Waals surface area contributed by atoms with E-state index >= 15 is 0 Å². The number of thioether (sulfide) groups is 1. The Balaban J connectivity index is 1.66. The zero-order valence-corrected chi connectivity index (χ0v) is 14.0. The summed E-state index contributed by atoms with van der Waals surface area (Å²) in [4.78, 5) is 13.3. The summed E-state index contributed by atoms with van der Waals surface area (Å²) in [7, 11) is 0. The van der Waals surface area contributed by atoms with E-state index in [1.807, 2.05) is 12.1 Å². The predicted octanol–water partition coefficient (Wildman–Crippen LogP) is 3.82. The van der Waals surface area contributed by atoms with Crippen molar-refractivity contribution in [3.8, 4) is 0 Å². The monoisotopic (exact) mass is 389 g/mol. The summed E-state index contributed by atoms with van der Waals surface area (Å²) < 4.78 is 1.24. The number of hydrogen-bond acceptors (Lipinski definition) is 2. The van der Waals surface area contributed by atoms with Crippen LogP contribution in [-0.2, 0) is 11.2 Å². The third kappa shape index (κ3) is 4.67. The Morgan fingerprint density at radius 1 is 1.26 bits per heavy atom. The van der Waals surface area contributed by atoms with Crippen LogP contribution < -0.4 is 5.32 Å². The van der Waals surface area contributed by atoms with Crippen molar-refractivity contribution in [3.63, 3.8) is 0 Å². The van der Waals surface area contributed by atoms with Crippen LogP contribution in [0.3, 0.4) is 0 Å². The molecule has 0 spiro atoms. The third-order valence-electron chi connectivity index (χ3n) is 3.30. The lowest BCUT2D eigenvalue weighted by Crippen LogP contribution is -2.33. The lowest BCUT2D eigenvalue weighted by atomic mass is 10.1. The standard InChI is InChI=1S/C15H20INOS/c16-9-5-1-2-6-10-17-15(18)14-11-12-7-3-4-8-13(12)19-14/h3-4,7-8,14H,1-2,5-6,9-11H2,(H,17,18). The van der Waals surface area contributed by atoms with Crippen LogP contribution in [-0.4, -0.2) is 22.1 Å². The average Bonchev–Trinajstić information content (AvgIpc) is 2.86. The molecule has 0 bridgehead atoms. The van der Waals surface area contributed by atoms with Gasteiger partial charge in [-0.15, -0.1) is 11.8 Å².